The van der Waals surface area contributed by atoms with Crippen molar-refractivity contribution >= 4 is 10.0 Å². The molecule has 4 nitrogen and oxygen atoms in total. The third-order valence-corrected chi connectivity index (χ3v) is 5.86. The van der Waals surface area contributed by atoms with E-state index in [-0.39, 0.29) is 11.5 Å². The Labute approximate surface area is 166 Å². The Hall–Kier alpha value is -2.34. The number of nitrogens with one attached hydrogen (secondary N) is 1. The molecule has 3 rings (SSSR count). The van der Waals surface area contributed by atoms with Gasteiger partial charge in [0.2, 0.25) is 10.0 Å². The molecule has 0 bridgehead atoms. The van der Waals surface area contributed by atoms with Gasteiger partial charge < -0.3 is 4.74 Å². The first-order valence-electron chi connectivity index (χ1n) is 8.51. The summed E-state index contributed by atoms with van der Waals surface area (Å²) in [6.07, 6.45) is -8.82. The van der Waals surface area contributed by atoms with Crippen LogP contribution in [0.15, 0.2) is 47.4 Å². The molecule has 2 aromatic carbocycles. The summed E-state index contributed by atoms with van der Waals surface area (Å²) in [7, 11) is -4.29. The maximum atomic E-state index is 13.6. The van der Waals surface area contributed by atoms with Gasteiger partial charge in [0, 0.05) is 6.04 Å². The molecule has 12 heteroatoms. The highest BCUT2D eigenvalue weighted by atomic mass is 32.2. The lowest BCUT2D eigenvalue weighted by molar-refractivity contribution is -0.274. The van der Waals surface area contributed by atoms with Crippen molar-refractivity contribution in [1.82, 2.24) is 4.72 Å². The van der Waals surface area contributed by atoms with E-state index < -0.39 is 50.6 Å². The Balaban J connectivity index is 1.87. The van der Waals surface area contributed by atoms with Crippen molar-refractivity contribution < 1.29 is 43.9 Å². The SMILES string of the molecule is O=S(=O)(NC(c1ccc(F)c(C(F)(F)F)c1)C1CC1)c1ccc(OC(F)(F)F)cc1. The van der Waals surface area contributed by atoms with Gasteiger partial charge in [0.15, 0.2) is 0 Å². The summed E-state index contributed by atoms with van der Waals surface area (Å²) < 4.78 is 120. The van der Waals surface area contributed by atoms with Crippen LogP contribution in [0.3, 0.4) is 0 Å². The van der Waals surface area contributed by atoms with Gasteiger partial charge in [0.05, 0.1) is 10.5 Å². The summed E-state index contributed by atoms with van der Waals surface area (Å²) in [5.41, 5.74) is -1.58. The average Bonchev–Trinajstić information content (AvgIpc) is 3.43. The smallest absolute Gasteiger partial charge is 0.406 e. The first-order valence-corrected chi connectivity index (χ1v) is 9.99. The molecule has 30 heavy (non-hydrogen) atoms. The molecule has 1 unspecified atom stereocenters. The van der Waals surface area contributed by atoms with Crippen LogP contribution in [-0.2, 0) is 16.2 Å². The molecule has 0 radical (unpaired) electrons. The fourth-order valence-corrected chi connectivity index (χ4v) is 4.17. The first-order chi connectivity index (χ1) is 13.8. The van der Waals surface area contributed by atoms with Crippen LogP contribution in [0.2, 0.25) is 0 Å². The second-order valence-electron chi connectivity index (χ2n) is 6.69. The van der Waals surface area contributed by atoms with E-state index in [0.29, 0.717) is 25.0 Å². The first kappa shape index (κ1) is 22.3. The van der Waals surface area contributed by atoms with Crippen molar-refractivity contribution in [2.75, 3.05) is 0 Å². The van der Waals surface area contributed by atoms with Crippen LogP contribution in [0, 0.1) is 11.7 Å². The number of alkyl halides is 6. The lowest BCUT2D eigenvalue weighted by Crippen LogP contribution is -2.30. The van der Waals surface area contributed by atoms with E-state index in [9.17, 15) is 39.2 Å². The minimum absolute atomic E-state index is 0.0631. The molecule has 1 aliphatic rings. The lowest BCUT2D eigenvalue weighted by Gasteiger charge is -2.20. The highest BCUT2D eigenvalue weighted by molar-refractivity contribution is 7.89. The zero-order chi connectivity index (χ0) is 22.3. The molecule has 0 spiro atoms. The Morgan fingerprint density at radius 3 is 2.07 bits per heavy atom. The standard InChI is InChI=1S/C18H14F7NO3S/c19-15-8-3-11(9-14(15)17(20,21)22)16(10-1-2-10)26-30(27,28)13-6-4-12(5-7-13)29-18(23,24)25/h3-10,16,26H,1-2H2. The second-order valence-corrected chi connectivity index (χ2v) is 8.41. The van der Waals surface area contributed by atoms with Crippen LogP contribution in [0.1, 0.15) is 30.0 Å². The third-order valence-electron chi connectivity index (χ3n) is 4.40. The monoisotopic (exact) mass is 457 g/mol. The van der Waals surface area contributed by atoms with Crippen molar-refractivity contribution in [1.29, 1.82) is 0 Å². The van der Waals surface area contributed by atoms with Crippen molar-refractivity contribution in [2.45, 2.75) is 36.3 Å². The number of ether oxygens (including phenoxy) is 1. The summed E-state index contributed by atoms with van der Waals surface area (Å²) in [6.45, 7) is 0. The fraction of sp³-hybridized carbons (Fsp3) is 0.333. The van der Waals surface area contributed by atoms with Crippen LogP contribution in [0.25, 0.3) is 0 Å². The molecule has 2 aromatic rings. The van der Waals surface area contributed by atoms with Crippen LogP contribution in [0.4, 0.5) is 30.7 Å². The normalized spacial score (nSPS) is 16.4. The van der Waals surface area contributed by atoms with Gasteiger partial charge in [-0.1, -0.05) is 6.07 Å². The average molecular weight is 457 g/mol. The Kier molecular flexibility index (Phi) is 5.76. The molecule has 1 aliphatic carbocycles. The zero-order valence-corrected chi connectivity index (χ0v) is 15.7. The maximum absolute atomic E-state index is 13.6. The number of benzene rings is 2. The number of rotatable bonds is 6. The van der Waals surface area contributed by atoms with Gasteiger partial charge in [-0.2, -0.15) is 13.2 Å². The number of hydrogen-bond donors (Lipinski definition) is 1. The molecule has 0 aliphatic heterocycles. The summed E-state index contributed by atoms with van der Waals surface area (Å²) in [5.74, 6) is -2.41. The van der Waals surface area contributed by atoms with E-state index in [1.165, 1.54) is 0 Å². The van der Waals surface area contributed by atoms with Crippen molar-refractivity contribution in [3.8, 4) is 5.75 Å². The predicted octanol–water partition coefficient (Wildman–Crippen LogP) is 5.17. The summed E-state index contributed by atoms with van der Waals surface area (Å²) >= 11 is 0. The predicted molar refractivity (Wildman–Crippen MR) is 90.3 cm³/mol. The molecule has 0 amide bonds. The Bertz CT molecular complexity index is 1010. The molecule has 0 heterocycles. The quantitative estimate of drug-likeness (QED) is 0.609. The molecule has 164 valence electrons. The third kappa shape index (κ3) is 5.42. The molecule has 0 saturated heterocycles. The maximum Gasteiger partial charge on any atom is 0.573 e. The summed E-state index contributed by atoms with van der Waals surface area (Å²) in [5, 5.41) is 0. The largest absolute Gasteiger partial charge is 0.573 e. The highest BCUT2D eigenvalue weighted by Gasteiger charge is 2.39. The molecule has 1 N–H and O–H groups in total. The van der Waals surface area contributed by atoms with E-state index in [4.69, 9.17) is 0 Å². The number of halogens is 7. The molecule has 0 aromatic heterocycles. The molecule has 1 fully saturated rings. The molecule has 1 atom stereocenters. The van der Waals surface area contributed by atoms with Gasteiger partial charge in [-0.15, -0.1) is 13.2 Å². The fourth-order valence-electron chi connectivity index (χ4n) is 2.88. The van der Waals surface area contributed by atoms with E-state index in [1.807, 2.05) is 0 Å². The van der Waals surface area contributed by atoms with Crippen LogP contribution in [-0.4, -0.2) is 14.8 Å². The Morgan fingerprint density at radius 1 is 0.967 bits per heavy atom. The Morgan fingerprint density at radius 2 is 1.57 bits per heavy atom. The van der Waals surface area contributed by atoms with Gasteiger partial charge in [-0.25, -0.2) is 17.5 Å². The van der Waals surface area contributed by atoms with Gasteiger partial charge in [0.1, 0.15) is 11.6 Å². The van der Waals surface area contributed by atoms with E-state index in [2.05, 4.69) is 9.46 Å². The van der Waals surface area contributed by atoms with Crippen molar-refractivity contribution in [3.05, 3.63) is 59.4 Å². The summed E-state index contributed by atoms with van der Waals surface area (Å²) in [4.78, 5) is -0.402. The summed E-state index contributed by atoms with van der Waals surface area (Å²) in [6, 6.07) is 4.53. The van der Waals surface area contributed by atoms with E-state index >= 15 is 0 Å². The molecular formula is C18H14F7NO3S. The second kappa shape index (κ2) is 7.73. The number of hydrogen-bond acceptors (Lipinski definition) is 3. The topological polar surface area (TPSA) is 55.4 Å². The van der Waals surface area contributed by atoms with E-state index in [0.717, 1.165) is 30.3 Å². The number of sulfonamides is 1. The van der Waals surface area contributed by atoms with Crippen LogP contribution >= 0.6 is 0 Å². The molecule has 1 saturated carbocycles. The van der Waals surface area contributed by atoms with Gasteiger partial charge in [-0.3, -0.25) is 0 Å². The lowest BCUT2D eigenvalue weighted by atomic mass is 10.0. The molecular weight excluding hydrogens is 443 g/mol. The van der Waals surface area contributed by atoms with Crippen molar-refractivity contribution in [3.63, 3.8) is 0 Å². The van der Waals surface area contributed by atoms with Crippen LogP contribution in [0.5, 0.6) is 5.75 Å². The van der Waals surface area contributed by atoms with Gasteiger partial charge >= 0.3 is 12.5 Å². The van der Waals surface area contributed by atoms with Gasteiger partial charge in [-0.05, 0) is 60.7 Å². The minimum Gasteiger partial charge on any atom is -0.406 e. The van der Waals surface area contributed by atoms with Crippen molar-refractivity contribution in [2.24, 2.45) is 5.92 Å². The van der Waals surface area contributed by atoms with Crippen LogP contribution < -0.4 is 9.46 Å². The highest BCUT2D eigenvalue weighted by Crippen LogP contribution is 2.43. The zero-order valence-electron chi connectivity index (χ0n) is 14.9. The van der Waals surface area contributed by atoms with E-state index in [1.54, 1.807) is 0 Å². The minimum atomic E-state index is -4.96. The van der Waals surface area contributed by atoms with Gasteiger partial charge in [0.25, 0.3) is 0 Å².